The average molecular weight is 182 g/mol. The molecule has 2 aliphatic rings. The van der Waals surface area contributed by atoms with Crippen molar-refractivity contribution in [2.75, 3.05) is 0 Å². The van der Waals surface area contributed by atoms with Crippen molar-refractivity contribution in [2.24, 2.45) is 17.8 Å². The number of hydrogen-bond donors (Lipinski definition) is 1. The molecule has 0 spiro atoms. The van der Waals surface area contributed by atoms with Gasteiger partial charge in [-0.05, 0) is 24.7 Å². The lowest BCUT2D eigenvalue weighted by Crippen LogP contribution is -2.08. The molecule has 0 aromatic heterocycles. The summed E-state index contributed by atoms with van der Waals surface area (Å²) in [4.78, 5) is 10.6. The van der Waals surface area contributed by atoms with Crippen LogP contribution in [0.2, 0.25) is 0 Å². The summed E-state index contributed by atoms with van der Waals surface area (Å²) in [5.74, 6) is 0.825. The van der Waals surface area contributed by atoms with E-state index in [9.17, 15) is 4.79 Å². The Bertz CT molecular complexity index is 194. The van der Waals surface area contributed by atoms with Gasteiger partial charge in [0.15, 0.2) is 0 Å². The van der Waals surface area contributed by atoms with Crippen LogP contribution in [0.4, 0.5) is 0 Å². The molecule has 0 heterocycles. The van der Waals surface area contributed by atoms with Crippen molar-refractivity contribution < 1.29 is 9.90 Å². The summed E-state index contributed by atoms with van der Waals surface area (Å²) in [6.45, 7) is 0. The first-order valence-electron chi connectivity index (χ1n) is 5.50. The predicted molar refractivity (Wildman–Crippen MR) is 50.4 cm³/mol. The van der Waals surface area contributed by atoms with Gasteiger partial charge in [0.2, 0.25) is 0 Å². The Labute approximate surface area is 79.3 Å². The third kappa shape index (κ3) is 2.23. The largest absolute Gasteiger partial charge is 0.481 e. The standard InChI is InChI=1S/C11H18O2/c12-11(13)10-7-9(10)6-8-4-2-1-3-5-8/h8-10H,1-7H2,(H,12,13)/t9-,10-/m1/s1. The van der Waals surface area contributed by atoms with Gasteiger partial charge in [-0.2, -0.15) is 0 Å². The van der Waals surface area contributed by atoms with Crippen LogP contribution in [-0.4, -0.2) is 11.1 Å². The average Bonchev–Trinajstić information content (AvgIpc) is 2.86. The minimum Gasteiger partial charge on any atom is -0.481 e. The number of aliphatic carboxylic acids is 1. The monoisotopic (exact) mass is 182 g/mol. The minimum atomic E-state index is -0.569. The fourth-order valence-corrected chi connectivity index (χ4v) is 2.66. The Hall–Kier alpha value is -0.530. The topological polar surface area (TPSA) is 37.3 Å². The summed E-state index contributed by atoms with van der Waals surface area (Å²) in [5.41, 5.74) is 0. The summed E-state index contributed by atoms with van der Waals surface area (Å²) >= 11 is 0. The Morgan fingerprint density at radius 3 is 2.46 bits per heavy atom. The van der Waals surface area contributed by atoms with Crippen molar-refractivity contribution in [3.63, 3.8) is 0 Å². The molecule has 0 amide bonds. The second-order valence-electron chi connectivity index (χ2n) is 4.68. The lowest BCUT2D eigenvalue weighted by molar-refractivity contribution is -0.138. The molecule has 74 valence electrons. The Morgan fingerprint density at radius 2 is 1.92 bits per heavy atom. The molecule has 2 fully saturated rings. The molecule has 13 heavy (non-hydrogen) atoms. The summed E-state index contributed by atoms with van der Waals surface area (Å²) in [6.07, 6.45) is 8.97. The Kier molecular flexibility index (Phi) is 2.56. The van der Waals surface area contributed by atoms with Crippen LogP contribution in [0.1, 0.15) is 44.9 Å². The number of carbonyl (C=O) groups is 1. The number of rotatable bonds is 3. The molecular weight excluding hydrogens is 164 g/mol. The zero-order valence-electron chi connectivity index (χ0n) is 8.04. The van der Waals surface area contributed by atoms with E-state index < -0.39 is 5.97 Å². The van der Waals surface area contributed by atoms with Gasteiger partial charge in [-0.25, -0.2) is 0 Å². The van der Waals surface area contributed by atoms with E-state index in [1.807, 2.05) is 0 Å². The van der Waals surface area contributed by atoms with Crippen LogP contribution in [0, 0.1) is 17.8 Å². The summed E-state index contributed by atoms with van der Waals surface area (Å²) < 4.78 is 0. The first-order valence-corrected chi connectivity index (χ1v) is 5.50. The fraction of sp³-hybridized carbons (Fsp3) is 0.909. The third-order valence-electron chi connectivity index (χ3n) is 3.60. The normalized spacial score (nSPS) is 34.5. The molecule has 2 rings (SSSR count). The van der Waals surface area contributed by atoms with Gasteiger partial charge in [0.1, 0.15) is 0 Å². The summed E-state index contributed by atoms with van der Waals surface area (Å²) in [7, 11) is 0. The highest BCUT2D eigenvalue weighted by atomic mass is 16.4. The second-order valence-corrected chi connectivity index (χ2v) is 4.68. The Balaban J connectivity index is 1.70. The zero-order valence-corrected chi connectivity index (χ0v) is 8.04. The fourth-order valence-electron chi connectivity index (χ4n) is 2.66. The van der Waals surface area contributed by atoms with Gasteiger partial charge >= 0.3 is 5.97 Å². The molecular formula is C11H18O2. The molecule has 2 saturated carbocycles. The number of carboxylic acids is 1. The van der Waals surface area contributed by atoms with Gasteiger partial charge in [0.05, 0.1) is 5.92 Å². The van der Waals surface area contributed by atoms with Gasteiger partial charge in [-0.1, -0.05) is 32.1 Å². The molecule has 2 nitrogen and oxygen atoms in total. The molecule has 2 aliphatic carbocycles. The molecule has 0 aliphatic heterocycles. The van der Waals surface area contributed by atoms with Crippen molar-refractivity contribution in [3.05, 3.63) is 0 Å². The lowest BCUT2D eigenvalue weighted by Gasteiger charge is -2.21. The van der Waals surface area contributed by atoms with Crippen LogP contribution in [0.25, 0.3) is 0 Å². The first kappa shape index (κ1) is 9.04. The number of carboxylic acid groups (broad SMARTS) is 1. The van der Waals surface area contributed by atoms with Crippen LogP contribution in [0.15, 0.2) is 0 Å². The van der Waals surface area contributed by atoms with Gasteiger partial charge in [0.25, 0.3) is 0 Å². The maximum atomic E-state index is 10.6. The van der Waals surface area contributed by atoms with E-state index in [0.29, 0.717) is 5.92 Å². The smallest absolute Gasteiger partial charge is 0.306 e. The van der Waals surface area contributed by atoms with Crippen LogP contribution >= 0.6 is 0 Å². The third-order valence-corrected chi connectivity index (χ3v) is 3.60. The van der Waals surface area contributed by atoms with Crippen LogP contribution in [-0.2, 0) is 4.79 Å². The maximum absolute atomic E-state index is 10.6. The molecule has 0 aromatic carbocycles. The van der Waals surface area contributed by atoms with Gasteiger partial charge in [0, 0.05) is 0 Å². The van der Waals surface area contributed by atoms with Crippen molar-refractivity contribution >= 4 is 5.97 Å². The van der Waals surface area contributed by atoms with E-state index in [-0.39, 0.29) is 5.92 Å². The van der Waals surface area contributed by atoms with Crippen LogP contribution < -0.4 is 0 Å². The highest BCUT2D eigenvalue weighted by molar-refractivity contribution is 5.73. The highest BCUT2D eigenvalue weighted by Gasteiger charge is 2.43. The molecule has 0 bridgehead atoms. The zero-order chi connectivity index (χ0) is 9.26. The summed E-state index contributed by atoms with van der Waals surface area (Å²) in [5, 5.41) is 8.75. The van der Waals surface area contributed by atoms with Crippen LogP contribution in [0.5, 0.6) is 0 Å². The molecule has 0 unspecified atom stereocenters. The quantitative estimate of drug-likeness (QED) is 0.728. The van der Waals surface area contributed by atoms with Crippen LogP contribution in [0.3, 0.4) is 0 Å². The second kappa shape index (κ2) is 3.69. The minimum absolute atomic E-state index is 0.0157. The summed E-state index contributed by atoms with van der Waals surface area (Å²) in [6, 6.07) is 0. The van der Waals surface area contributed by atoms with Gasteiger partial charge in [-0.15, -0.1) is 0 Å². The van der Waals surface area contributed by atoms with Gasteiger partial charge in [-0.3, -0.25) is 4.79 Å². The van der Waals surface area contributed by atoms with E-state index in [0.717, 1.165) is 12.3 Å². The molecule has 2 atom stereocenters. The first-order chi connectivity index (χ1) is 6.27. The Morgan fingerprint density at radius 1 is 1.23 bits per heavy atom. The highest BCUT2D eigenvalue weighted by Crippen LogP contribution is 2.45. The van der Waals surface area contributed by atoms with Crippen molar-refractivity contribution in [2.45, 2.75) is 44.9 Å². The lowest BCUT2D eigenvalue weighted by atomic mass is 9.85. The maximum Gasteiger partial charge on any atom is 0.306 e. The molecule has 0 radical (unpaired) electrons. The van der Waals surface area contributed by atoms with Crippen molar-refractivity contribution in [1.82, 2.24) is 0 Å². The van der Waals surface area contributed by atoms with Crippen molar-refractivity contribution in [1.29, 1.82) is 0 Å². The predicted octanol–water partition coefficient (Wildman–Crippen LogP) is 2.68. The van der Waals surface area contributed by atoms with Crippen molar-refractivity contribution in [3.8, 4) is 0 Å². The SMILES string of the molecule is O=C(O)[C@@H]1C[C@H]1CC1CCCCC1. The van der Waals surface area contributed by atoms with Gasteiger partial charge < -0.3 is 5.11 Å². The number of hydrogen-bond acceptors (Lipinski definition) is 1. The van der Waals surface area contributed by atoms with E-state index in [2.05, 4.69) is 0 Å². The van der Waals surface area contributed by atoms with E-state index >= 15 is 0 Å². The molecule has 0 aromatic rings. The molecule has 1 N–H and O–H groups in total. The molecule has 0 saturated heterocycles. The van der Waals surface area contributed by atoms with E-state index in [1.54, 1.807) is 0 Å². The molecule has 2 heteroatoms. The van der Waals surface area contributed by atoms with E-state index in [4.69, 9.17) is 5.11 Å². The van der Waals surface area contributed by atoms with E-state index in [1.165, 1.54) is 38.5 Å².